The lowest BCUT2D eigenvalue weighted by Crippen LogP contribution is -2.51. The van der Waals surface area contributed by atoms with E-state index < -0.39 is 0 Å². The second kappa shape index (κ2) is 7.11. The molecule has 4 fully saturated rings. The van der Waals surface area contributed by atoms with Gasteiger partial charge in [-0.15, -0.1) is 11.3 Å². The Bertz CT molecular complexity index is 804. The largest absolute Gasteiger partial charge is 0.459 e. The minimum absolute atomic E-state index is 0.160. The average molecular weight is 416 g/mol. The summed E-state index contributed by atoms with van der Waals surface area (Å²) in [5, 5.41) is 4.02. The highest BCUT2D eigenvalue weighted by Crippen LogP contribution is 2.60. The zero-order valence-electron chi connectivity index (χ0n) is 17.9. The van der Waals surface area contributed by atoms with Gasteiger partial charge in [0.15, 0.2) is 0 Å². The van der Waals surface area contributed by atoms with Crippen molar-refractivity contribution in [1.82, 2.24) is 0 Å². The molecule has 0 aromatic carbocycles. The molecule has 0 radical (unpaired) electrons. The van der Waals surface area contributed by atoms with Gasteiger partial charge < -0.3 is 10.1 Å². The van der Waals surface area contributed by atoms with Gasteiger partial charge in [0, 0.05) is 4.88 Å². The minimum Gasteiger partial charge on any atom is -0.459 e. The van der Waals surface area contributed by atoms with Crippen LogP contribution in [0.3, 0.4) is 0 Å². The van der Waals surface area contributed by atoms with Gasteiger partial charge in [0.05, 0.1) is 17.1 Å². The molecule has 1 aromatic rings. The summed E-state index contributed by atoms with van der Waals surface area (Å²) < 4.78 is 5.58. The number of rotatable bonds is 4. The van der Waals surface area contributed by atoms with Crippen LogP contribution >= 0.6 is 11.3 Å². The van der Waals surface area contributed by atoms with Crippen LogP contribution in [-0.2, 0) is 22.4 Å². The number of hydrogen-bond acceptors (Lipinski definition) is 4. The molecule has 4 bridgehead atoms. The first-order valence-corrected chi connectivity index (χ1v) is 12.3. The summed E-state index contributed by atoms with van der Waals surface area (Å²) in [6.45, 7) is 6.03. The molecule has 1 atom stereocenters. The van der Waals surface area contributed by atoms with Crippen LogP contribution in [0.15, 0.2) is 0 Å². The van der Waals surface area contributed by atoms with E-state index in [2.05, 4.69) is 12.2 Å². The van der Waals surface area contributed by atoms with Crippen molar-refractivity contribution in [3.05, 3.63) is 16.0 Å². The maximum absolute atomic E-state index is 13.6. The van der Waals surface area contributed by atoms with Crippen molar-refractivity contribution in [1.29, 1.82) is 0 Å². The second-order valence-corrected chi connectivity index (χ2v) is 11.8. The molecule has 4 saturated carbocycles. The lowest BCUT2D eigenvalue weighted by atomic mass is 9.49. The van der Waals surface area contributed by atoms with Crippen LogP contribution in [0.25, 0.3) is 0 Å². The quantitative estimate of drug-likeness (QED) is 0.652. The van der Waals surface area contributed by atoms with Crippen LogP contribution in [0.2, 0.25) is 0 Å². The number of ether oxygens (including phenoxy) is 1. The van der Waals surface area contributed by atoms with Crippen molar-refractivity contribution in [2.24, 2.45) is 29.1 Å². The third-order valence-electron chi connectivity index (χ3n) is 7.81. The van der Waals surface area contributed by atoms with Gasteiger partial charge in [-0.3, -0.25) is 4.79 Å². The molecular weight excluding hydrogens is 382 g/mol. The molecule has 1 amide bonds. The van der Waals surface area contributed by atoms with Crippen LogP contribution < -0.4 is 5.32 Å². The van der Waals surface area contributed by atoms with Gasteiger partial charge in [-0.1, -0.05) is 6.92 Å². The third-order valence-corrected chi connectivity index (χ3v) is 8.98. The summed E-state index contributed by atoms with van der Waals surface area (Å²) in [6, 6.07) is 0. The Labute approximate surface area is 177 Å². The topological polar surface area (TPSA) is 55.4 Å². The van der Waals surface area contributed by atoms with E-state index in [9.17, 15) is 9.59 Å². The Balaban J connectivity index is 1.45. The number of carbonyl (C=O) groups is 2. The maximum atomic E-state index is 13.6. The fraction of sp³-hybridized carbons (Fsp3) is 0.750. The van der Waals surface area contributed by atoms with Crippen LogP contribution in [-0.4, -0.2) is 18.0 Å². The number of anilines is 1. The van der Waals surface area contributed by atoms with E-state index in [1.54, 1.807) is 11.3 Å². The summed E-state index contributed by atoms with van der Waals surface area (Å²) in [5.74, 6) is 2.72. The normalized spacial score (nSPS) is 34.9. The summed E-state index contributed by atoms with van der Waals surface area (Å²) in [5.41, 5.74) is 1.56. The Kier molecular flexibility index (Phi) is 4.80. The summed E-state index contributed by atoms with van der Waals surface area (Å²) in [6.07, 6.45) is 9.92. The molecule has 0 aliphatic heterocycles. The molecule has 5 heteroatoms. The Hall–Kier alpha value is -1.36. The SMILES string of the molecule is CC(C)OC(=O)c1c(NC(=O)C23CC4CC(CC(C4)C2)C3)sc2c1CC[C@@H](C)C2. The van der Waals surface area contributed by atoms with E-state index in [4.69, 9.17) is 4.74 Å². The molecule has 0 unspecified atom stereocenters. The average Bonchev–Trinajstić information content (AvgIpc) is 2.96. The molecule has 6 rings (SSSR count). The Morgan fingerprint density at radius 1 is 1.10 bits per heavy atom. The molecule has 4 nitrogen and oxygen atoms in total. The van der Waals surface area contributed by atoms with Gasteiger partial charge in [0.2, 0.25) is 5.91 Å². The predicted octanol–water partition coefficient (Wildman–Crippen LogP) is 5.59. The van der Waals surface area contributed by atoms with Gasteiger partial charge in [-0.25, -0.2) is 4.79 Å². The number of hydrogen-bond donors (Lipinski definition) is 1. The molecular formula is C24H33NO3S. The molecule has 1 N–H and O–H groups in total. The lowest BCUT2D eigenvalue weighted by Gasteiger charge is -2.55. The molecule has 158 valence electrons. The zero-order chi connectivity index (χ0) is 20.3. The standard InChI is InChI=1S/C24H33NO3S/c1-13(2)28-22(26)20-18-5-4-14(3)6-19(18)29-21(20)25-23(27)24-10-15-7-16(11-24)9-17(8-15)12-24/h13-17H,4-12H2,1-3H3,(H,25,27)/t14-,15?,16?,17?,24?/m1/s1. The predicted molar refractivity (Wildman–Crippen MR) is 115 cm³/mol. The fourth-order valence-electron chi connectivity index (χ4n) is 6.95. The van der Waals surface area contributed by atoms with Gasteiger partial charge >= 0.3 is 5.97 Å². The number of amides is 1. The molecule has 1 aromatic heterocycles. The molecule has 5 aliphatic rings. The van der Waals surface area contributed by atoms with Crippen molar-refractivity contribution in [2.75, 3.05) is 5.32 Å². The number of fused-ring (bicyclic) bond motifs is 1. The van der Waals surface area contributed by atoms with Crippen molar-refractivity contribution in [2.45, 2.75) is 84.7 Å². The first-order chi connectivity index (χ1) is 13.8. The number of thiophene rings is 1. The fourth-order valence-corrected chi connectivity index (χ4v) is 8.35. The van der Waals surface area contributed by atoms with Crippen LogP contribution in [0, 0.1) is 29.1 Å². The Morgan fingerprint density at radius 3 is 2.31 bits per heavy atom. The van der Waals surface area contributed by atoms with Gasteiger partial charge in [-0.2, -0.15) is 0 Å². The number of carbonyl (C=O) groups excluding carboxylic acids is 2. The van der Waals surface area contributed by atoms with Crippen LogP contribution in [0.1, 0.15) is 86.5 Å². The minimum atomic E-state index is -0.270. The molecule has 0 spiro atoms. The second-order valence-electron chi connectivity index (χ2n) is 10.7. The summed E-state index contributed by atoms with van der Waals surface area (Å²) in [4.78, 5) is 27.8. The van der Waals surface area contributed by atoms with Crippen molar-refractivity contribution in [3.63, 3.8) is 0 Å². The van der Waals surface area contributed by atoms with Gasteiger partial charge in [0.25, 0.3) is 0 Å². The van der Waals surface area contributed by atoms with E-state index in [1.807, 2.05) is 13.8 Å². The molecule has 0 saturated heterocycles. The van der Waals surface area contributed by atoms with Crippen molar-refractivity contribution >= 4 is 28.2 Å². The van der Waals surface area contributed by atoms with E-state index in [-0.39, 0.29) is 23.4 Å². The van der Waals surface area contributed by atoms with E-state index in [0.717, 1.165) is 66.8 Å². The first kappa shape index (κ1) is 19.6. The molecule has 5 aliphatic carbocycles. The number of nitrogens with one attached hydrogen (secondary N) is 1. The van der Waals surface area contributed by atoms with Crippen LogP contribution in [0.5, 0.6) is 0 Å². The maximum Gasteiger partial charge on any atom is 0.341 e. The first-order valence-electron chi connectivity index (χ1n) is 11.5. The van der Waals surface area contributed by atoms with Gasteiger partial charge in [0.1, 0.15) is 5.00 Å². The highest BCUT2D eigenvalue weighted by molar-refractivity contribution is 7.17. The molecule has 1 heterocycles. The van der Waals surface area contributed by atoms with E-state index >= 15 is 0 Å². The molecule has 29 heavy (non-hydrogen) atoms. The monoisotopic (exact) mass is 415 g/mol. The van der Waals surface area contributed by atoms with E-state index in [1.165, 1.54) is 24.1 Å². The van der Waals surface area contributed by atoms with Crippen molar-refractivity contribution in [3.8, 4) is 0 Å². The zero-order valence-corrected chi connectivity index (χ0v) is 18.7. The van der Waals surface area contributed by atoms with E-state index in [0.29, 0.717) is 11.5 Å². The van der Waals surface area contributed by atoms with Gasteiger partial charge in [-0.05, 0) is 101 Å². The Morgan fingerprint density at radius 2 is 1.72 bits per heavy atom. The lowest BCUT2D eigenvalue weighted by molar-refractivity contribution is -0.140. The summed E-state index contributed by atoms with van der Waals surface area (Å²) in [7, 11) is 0. The van der Waals surface area contributed by atoms with Crippen LogP contribution in [0.4, 0.5) is 5.00 Å². The van der Waals surface area contributed by atoms with Crippen molar-refractivity contribution < 1.29 is 14.3 Å². The smallest absolute Gasteiger partial charge is 0.341 e. The number of esters is 1. The third kappa shape index (κ3) is 3.43. The summed E-state index contributed by atoms with van der Waals surface area (Å²) >= 11 is 1.62. The highest BCUT2D eigenvalue weighted by Gasteiger charge is 2.54. The highest BCUT2D eigenvalue weighted by atomic mass is 32.1.